The third kappa shape index (κ3) is 1.63. The van der Waals surface area contributed by atoms with Gasteiger partial charge in [-0.2, -0.15) is 0 Å². The molecule has 4 rings (SSSR count). The van der Waals surface area contributed by atoms with Gasteiger partial charge in [-0.05, 0) is 32.0 Å². The molecule has 1 amide bonds. The van der Waals surface area contributed by atoms with E-state index in [-0.39, 0.29) is 11.4 Å². The van der Waals surface area contributed by atoms with Gasteiger partial charge in [-0.1, -0.05) is 0 Å². The molecule has 122 valence electrons. The Labute approximate surface area is 133 Å². The van der Waals surface area contributed by atoms with Gasteiger partial charge in [0, 0.05) is 11.3 Å². The van der Waals surface area contributed by atoms with Gasteiger partial charge in [0.15, 0.2) is 0 Å². The molecule has 0 bridgehead atoms. The summed E-state index contributed by atoms with van der Waals surface area (Å²) in [7, 11) is 0. The van der Waals surface area contributed by atoms with Crippen molar-refractivity contribution in [3.63, 3.8) is 0 Å². The molecule has 0 saturated carbocycles. The van der Waals surface area contributed by atoms with Crippen molar-refractivity contribution in [1.82, 2.24) is 0 Å². The van der Waals surface area contributed by atoms with Gasteiger partial charge in [0.2, 0.25) is 6.41 Å². The third-order valence-electron chi connectivity index (χ3n) is 5.39. The van der Waals surface area contributed by atoms with Crippen LogP contribution in [-0.2, 0) is 19.8 Å². The Kier molecular flexibility index (Phi) is 2.73. The van der Waals surface area contributed by atoms with Crippen LogP contribution in [0.15, 0.2) is 23.2 Å². The zero-order valence-corrected chi connectivity index (χ0v) is 13.1. The molecule has 0 aliphatic carbocycles. The third-order valence-corrected chi connectivity index (χ3v) is 5.39. The van der Waals surface area contributed by atoms with E-state index in [4.69, 9.17) is 19.9 Å². The van der Waals surface area contributed by atoms with Crippen molar-refractivity contribution >= 4 is 18.1 Å². The van der Waals surface area contributed by atoms with Crippen molar-refractivity contribution in [3.05, 3.63) is 23.8 Å². The van der Waals surface area contributed by atoms with Crippen LogP contribution in [0.2, 0.25) is 0 Å². The lowest BCUT2D eigenvalue weighted by Crippen LogP contribution is -2.71. The van der Waals surface area contributed by atoms with Gasteiger partial charge < -0.3 is 25.3 Å². The lowest BCUT2D eigenvalue weighted by molar-refractivity contribution is -0.247. The largest absolute Gasteiger partial charge is 0.487 e. The fourth-order valence-electron chi connectivity index (χ4n) is 3.94. The fraction of sp³-hybridized carbons (Fsp3) is 0.500. The van der Waals surface area contributed by atoms with E-state index in [1.165, 1.54) is 0 Å². The van der Waals surface area contributed by atoms with Crippen LogP contribution in [0, 0.1) is 5.41 Å². The lowest BCUT2D eigenvalue weighted by atomic mass is 9.55. The number of hydrogen-bond donors (Lipinski definition) is 2. The number of ether oxygens (including phenoxy) is 3. The van der Waals surface area contributed by atoms with Gasteiger partial charge in [0.25, 0.3) is 6.02 Å². The first-order chi connectivity index (χ1) is 10.9. The van der Waals surface area contributed by atoms with Gasteiger partial charge in [0.05, 0.1) is 18.6 Å². The summed E-state index contributed by atoms with van der Waals surface area (Å²) in [5.41, 5.74) is 5.87. The molecular weight excluding hydrogens is 298 g/mol. The number of carbonyl (C=O) groups excluding carboxylic acids is 1. The molecule has 0 radical (unpaired) electrons. The van der Waals surface area contributed by atoms with Crippen LogP contribution >= 0.6 is 0 Å². The summed E-state index contributed by atoms with van der Waals surface area (Å²) in [5.74, 6) is 0.728. The maximum absolute atomic E-state index is 10.8. The first-order valence-corrected chi connectivity index (χ1v) is 7.54. The minimum Gasteiger partial charge on any atom is -0.487 e. The van der Waals surface area contributed by atoms with Crippen LogP contribution in [0.3, 0.4) is 0 Å². The SMILES string of the molecule is CC1(C)Oc2ccc(NC=O)cc2C2(COC(N)=N2)C12COC2. The lowest BCUT2D eigenvalue weighted by Gasteiger charge is -2.61. The summed E-state index contributed by atoms with van der Waals surface area (Å²) >= 11 is 0. The average molecular weight is 317 g/mol. The van der Waals surface area contributed by atoms with Crippen molar-refractivity contribution < 1.29 is 19.0 Å². The quantitative estimate of drug-likeness (QED) is 0.793. The van der Waals surface area contributed by atoms with E-state index in [2.05, 4.69) is 10.3 Å². The molecule has 0 aromatic heterocycles. The zero-order chi connectivity index (χ0) is 16.3. The Balaban J connectivity index is 1.96. The molecule has 1 aromatic rings. The second-order valence-corrected chi connectivity index (χ2v) is 6.76. The first kappa shape index (κ1) is 14.3. The number of hydrogen-bond acceptors (Lipinski definition) is 6. The highest BCUT2D eigenvalue weighted by molar-refractivity contribution is 5.76. The number of aliphatic imine (C=N–C) groups is 1. The Hall–Kier alpha value is -2.28. The van der Waals surface area contributed by atoms with Crippen molar-refractivity contribution in [1.29, 1.82) is 0 Å². The van der Waals surface area contributed by atoms with Crippen molar-refractivity contribution in [2.24, 2.45) is 16.1 Å². The maximum atomic E-state index is 10.8. The predicted octanol–water partition coefficient (Wildman–Crippen LogP) is 0.983. The molecule has 1 unspecified atom stereocenters. The summed E-state index contributed by atoms with van der Waals surface area (Å²) in [4.78, 5) is 15.5. The number of rotatable bonds is 2. The van der Waals surface area contributed by atoms with Crippen molar-refractivity contribution in [3.8, 4) is 5.75 Å². The van der Waals surface area contributed by atoms with Gasteiger partial charge in [0.1, 0.15) is 23.5 Å². The summed E-state index contributed by atoms with van der Waals surface area (Å²) in [6.45, 7) is 5.46. The molecule has 23 heavy (non-hydrogen) atoms. The van der Waals surface area contributed by atoms with Crippen LogP contribution in [0.1, 0.15) is 19.4 Å². The van der Waals surface area contributed by atoms with Crippen molar-refractivity contribution in [2.45, 2.75) is 25.0 Å². The molecular formula is C16H19N3O4. The summed E-state index contributed by atoms with van der Waals surface area (Å²) < 4.78 is 17.4. The van der Waals surface area contributed by atoms with Crippen LogP contribution in [-0.4, -0.2) is 37.9 Å². The number of nitrogens with one attached hydrogen (secondary N) is 1. The normalized spacial score (nSPS) is 29.0. The Morgan fingerprint density at radius 3 is 2.65 bits per heavy atom. The molecule has 3 aliphatic heterocycles. The number of fused-ring (bicyclic) bond motifs is 3. The zero-order valence-electron chi connectivity index (χ0n) is 13.1. The molecule has 1 saturated heterocycles. The first-order valence-electron chi connectivity index (χ1n) is 7.54. The minimum atomic E-state index is -0.674. The number of amides is 1. The van der Waals surface area contributed by atoms with Gasteiger partial charge in [-0.15, -0.1) is 0 Å². The van der Waals surface area contributed by atoms with E-state index in [1.807, 2.05) is 26.0 Å². The molecule has 3 heterocycles. The fourth-order valence-corrected chi connectivity index (χ4v) is 3.94. The summed E-state index contributed by atoms with van der Waals surface area (Å²) in [6.07, 6.45) is 0.646. The monoisotopic (exact) mass is 317 g/mol. The molecule has 3 N–H and O–H groups in total. The number of nitrogens with two attached hydrogens (primary N) is 1. The van der Waals surface area contributed by atoms with Gasteiger partial charge in [-0.3, -0.25) is 4.79 Å². The average Bonchev–Trinajstić information content (AvgIpc) is 2.81. The van der Waals surface area contributed by atoms with Crippen LogP contribution < -0.4 is 15.8 Å². The Morgan fingerprint density at radius 2 is 2.09 bits per heavy atom. The molecule has 1 atom stereocenters. The highest BCUT2D eigenvalue weighted by atomic mass is 16.5. The van der Waals surface area contributed by atoms with E-state index in [0.717, 1.165) is 11.3 Å². The molecule has 1 fully saturated rings. The van der Waals surface area contributed by atoms with E-state index in [0.29, 0.717) is 31.9 Å². The second-order valence-electron chi connectivity index (χ2n) is 6.76. The Bertz CT molecular complexity index is 711. The predicted molar refractivity (Wildman–Crippen MR) is 83.3 cm³/mol. The van der Waals surface area contributed by atoms with E-state index in [9.17, 15) is 4.79 Å². The number of benzene rings is 1. The van der Waals surface area contributed by atoms with Crippen LogP contribution in [0.4, 0.5) is 5.69 Å². The number of amidine groups is 1. The molecule has 7 nitrogen and oxygen atoms in total. The van der Waals surface area contributed by atoms with Gasteiger partial charge >= 0.3 is 0 Å². The smallest absolute Gasteiger partial charge is 0.283 e. The number of carbonyl (C=O) groups is 1. The number of anilines is 1. The molecule has 7 heteroatoms. The topological polar surface area (TPSA) is 95.2 Å². The van der Waals surface area contributed by atoms with Gasteiger partial charge in [-0.25, -0.2) is 4.99 Å². The molecule has 1 aromatic carbocycles. The molecule has 3 aliphatic rings. The Morgan fingerprint density at radius 1 is 1.30 bits per heavy atom. The second kappa shape index (κ2) is 4.38. The number of nitrogens with zero attached hydrogens (tertiary/aromatic N) is 1. The highest BCUT2D eigenvalue weighted by Gasteiger charge is 2.71. The highest BCUT2D eigenvalue weighted by Crippen LogP contribution is 2.62. The molecule has 2 spiro atoms. The summed E-state index contributed by atoms with van der Waals surface area (Å²) in [5, 5.41) is 2.67. The van der Waals surface area contributed by atoms with E-state index < -0.39 is 11.1 Å². The van der Waals surface area contributed by atoms with E-state index in [1.54, 1.807) is 6.07 Å². The van der Waals surface area contributed by atoms with Crippen molar-refractivity contribution in [2.75, 3.05) is 25.1 Å². The van der Waals surface area contributed by atoms with E-state index >= 15 is 0 Å². The minimum absolute atomic E-state index is 0.175. The standard InChI is InChI=1S/C16H19N3O4/c1-14(2)15(6-21-7-15)16(8-22-13(17)19-16)11-5-10(18-9-20)3-4-12(11)23-14/h3-5,9H,6-8H2,1-2H3,(H2,17,19)(H,18,20). The van der Waals surface area contributed by atoms with Crippen LogP contribution in [0.25, 0.3) is 0 Å². The summed E-state index contributed by atoms with van der Waals surface area (Å²) in [6, 6.07) is 5.70. The maximum Gasteiger partial charge on any atom is 0.283 e. The van der Waals surface area contributed by atoms with Crippen LogP contribution in [0.5, 0.6) is 5.75 Å².